The Morgan fingerprint density at radius 2 is 1.95 bits per heavy atom. The molecule has 0 N–H and O–H groups in total. The van der Waals surface area contributed by atoms with Crippen LogP contribution in [-0.2, 0) is 11.3 Å². The van der Waals surface area contributed by atoms with Crippen molar-refractivity contribution >= 4 is 21.9 Å². The molecule has 0 aromatic heterocycles. The van der Waals surface area contributed by atoms with Gasteiger partial charge in [-0.1, -0.05) is 28.1 Å². The second-order valence-electron chi connectivity index (χ2n) is 4.50. The van der Waals surface area contributed by atoms with E-state index in [2.05, 4.69) is 15.9 Å². The summed E-state index contributed by atoms with van der Waals surface area (Å²) in [6, 6.07) is 12.9. The molecule has 0 saturated carbocycles. The van der Waals surface area contributed by atoms with E-state index in [1.165, 1.54) is 7.11 Å². The largest absolute Gasteiger partial charge is 0.493 e. The van der Waals surface area contributed by atoms with E-state index in [0.717, 1.165) is 10.0 Å². The van der Waals surface area contributed by atoms with Crippen LogP contribution in [0.15, 0.2) is 46.9 Å². The zero-order valence-electron chi connectivity index (χ0n) is 12.5. The predicted molar refractivity (Wildman–Crippen MR) is 87.4 cm³/mol. The van der Waals surface area contributed by atoms with Gasteiger partial charge in [-0.15, -0.1) is 0 Å². The highest BCUT2D eigenvalue weighted by Crippen LogP contribution is 2.29. The summed E-state index contributed by atoms with van der Waals surface area (Å²) in [6.45, 7) is 2.52. The maximum atomic E-state index is 11.7. The first-order valence-corrected chi connectivity index (χ1v) is 7.65. The minimum atomic E-state index is -0.376. The van der Waals surface area contributed by atoms with Gasteiger partial charge in [0.1, 0.15) is 6.61 Å². The fourth-order valence-corrected chi connectivity index (χ4v) is 2.36. The Bertz CT molecular complexity index is 655. The molecule has 2 aromatic rings. The molecule has 0 amide bonds. The smallest absolute Gasteiger partial charge is 0.338 e. The van der Waals surface area contributed by atoms with Crippen LogP contribution in [0, 0.1) is 0 Å². The van der Waals surface area contributed by atoms with E-state index in [1.54, 1.807) is 25.1 Å². The van der Waals surface area contributed by atoms with E-state index >= 15 is 0 Å². The number of carbonyl (C=O) groups is 1. The van der Waals surface area contributed by atoms with Gasteiger partial charge in [0.05, 0.1) is 19.3 Å². The lowest BCUT2D eigenvalue weighted by molar-refractivity contribution is 0.0526. The number of methoxy groups -OCH3 is 1. The number of benzene rings is 2. The number of hydrogen-bond donors (Lipinski definition) is 0. The maximum absolute atomic E-state index is 11.7. The van der Waals surface area contributed by atoms with Crippen LogP contribution >= 0.6 is 15.9 Å². The number of ether oxygens (including phenoxy) is 3. The Balaban J connectivity index is 2.12. The number of esters is 1. The van der Waals surface area contributed by atoms with Gasteiger partial charge in [0.15, 0.2) is 11.5 Å². The lowest BCUT2D eigenvalue weighted by atomic mass is 10.2. The number of hydrogen-bond acceptors (Lipinski definition) is 4. The van der Waals surface area contributed by atoms with Crippen molar-refractivity contribution in [2.45, 2.75) is 13.5 Å². The average molecular weight is 365 g/mol. The van der Waals surface area contributed by atoms with Crippen molar-refractivity contribution in [1.29, 1.82) is 0 Å². The van der Waals surface area contributed by atoms with Gasteiger partial charge in [0.2, 0.25) is 0 Å². The second kappa shape index (κ2) is 7.84. The molecule has 0 fully saturated rings. The number of halogens is 1. The monoisotopic (exact) mass is 364 g/mol. The van der Waals surface area contributed by atoms with Gasteiger partial charge in [0.25, 0.3) is 0 Å². The molecule has 0 radical (unpaired) electrons. The van der Waals surface area contributed by atoms with Crippen LogP contribution in [0.25, 0.3) is 0 Å². The van der Waals surface area contributed by atoms with Gasteiger partial charge in [-0.05, 0) is 42.8 Å². The van der Waals surface area contributed by atoms with E-state index in [-0.39, 0.29) is 5.97 Å². The van der Waals surface area contributed by atoms with E-state index in [1.807, 2.05) is 24.3 Å². The van der Waals surface area contributed by atoms with Gasteiger partial charge in [-0.25, -0.2) is 4.79 Å². The van der Waals surface area contributed by atoms with Crippen LogP contribution < -0.4 is 9.47 Å². The summed E-state index contributed by atoms with van der Waals surface area (Å²) in [5, 5.41) is 0. The first-order valence-electron chi connectivity index (χ1n) is 6.86. The summed E-state index contributed by atoms with van der Waals surface area (Å²) >= 11 is 3.43. The fraction of sp³-hybridized carbons (Fsp3) is 0.235. The van der Waals surface area contributed by atoms with Crippen molar-refractivity contribution in [3.8, 4) is 11.5 Å². The molecule has 4 nitrogen and oxygen atoms in total. The lowest BCUT2D eigenvalue weighted by Crippen LogP contribution is -2.05. The van der Waals surface area contributed by atoms with E-state index in [4.69, 9.17) is 14.2 Å². The van der Waals surface area contributed by atoms with Crippen molar-refractivity contribution in [2.24, 2.45) is 0 Å². The van der Waals surface area contributed by atoms with Crippen molar-refractivity contribution in [2.75, 3.05) is 13.7 Å². The molecule has 116 valence electrons. The highest BCUT2D eigenvalue weighted by atomic mass is 79.9. The molecule has 2 aromatic carbocycles. The Hall–Kier alpha value is -2.01. The number of carbonyl (C=O) groups excluding carboxylic acids is 1. The third kappa shape index (κ3) is 4.24. The highest BCUT2D eigenvalue weighted by Gasteiger charge is 2.12. The SMILES string of the molecule is CCOC(=O)c1ccc(OCc2cccc(Br)c2)c(OC)c1. The van der Waals surface area contributed by atoms with Crippen LogP contribution in [-0.4, -0.2) is 19.7 Å². The Labute approximate surface area is 138 Å². The molecule has 0 aliphatic carbocycles. The summed E-state index contributed by atoms with van der Waals surface area (Å²) in [5.74, 6) is 0.704. The van der Waals surface area contributed by atoms with Crippen LogP contribution in [0.5, 0.6) is 11.5 Å². The summed E-state index contributed by atoms with van der Waals surface area (Å²) in [4.78, 5) is 11.7. The third-order valence-corrected chi connectivity index (χ3v) is 3.45. The van der Waals surface area contributed by atoms with E-state index in [0.29, 0.717) is 30.3 Å². The summed E-state index contributed by atoms with van der Waals surface area (Å²) < 4.78 is 17.0. The van der Waals surface area contributed by atoms with Crippen molar-refractivity contribution in [1.82, 2.24) is 0 Å². The van der Waals surface area contributed by atoms with Gasteiger partial charge in [-0.3, -0.25) is 0 Å². The first kappa shape index (κ1) is 16.4. The fourth-order valence-electron chi connectivity index (χ4n) is 1.92. The van der Waals surface area contributed by atoms with Crippen molar-refractivity contribution < 1.29 is 19.0 Å². The Kier molecular flexibility index (Phi) is 5.83. The molecular formula is C17H17BrO4. The van der Waals surface area contributed by atoms with Gasteiger partial charge in [-0.2, -0.15) is 0 Å². The summed E-state index contributed by atoms with van der Waals surface area (Å²) in [6.07, 6.45) is 0. The summed E-state index contributed by atoms with van der Waals surface area (Å²) in [5.41, 5.74) is 1.47. The standard InChI is InChI=1S/C17H17BrO4/c1-3-21-17(19)13-7-8-15(16(10-13)20-2)22-11-12-5-4-6-14(18)9-12/h4-10H,3,11H2,1-2H3. The predicted octanol–water partition coefficient (Wildman–Crippen LogP) is 4.21. The molecule has 0 unspecified atom stereocenters. The van der Waals surface area contributed by atoms with Crippen LogP contribution in [0.1, 0.15) is 22.8 Å². The maximum Gasteiger partial charge on any atom is 0.338 e. The van der Waals surface area contributed by atoms with Crippen molar-refractivity contribution in [3.63, 3.8) is 0 Å². The van der Waals surface area contributed by atoms with E-state index in [9.17, 15) is 4.79 Å². The minimum absolute atomic E-state index is 0.336. The molecule has 22 heavy (non-hydrogen) atoms. The third-order valence-electron chi connectivity index (χ3n) is 2.96. The zero-order chi connectivity index (χ0) is 15.9. The molecule has 2 rings (SSSR count). The molecule has 0 spiro atoms. The lowest BCUT2D eigenvalue weighted by Gasteiger charge is -2.12. The minimum Gasteiger partial charge on any atom is -0.493 e. The van der Waals surface area contributed by atoms with Gasteiger partial charge in [0, 0.05) is 4.47 Å². The zero-order valence-corrected chi connectivity index (χ0v) is 14.1. The van der Waals surface area contributed by atoms with Crippen LogP contribution in [0.4, 0.5) is 0 Å². The number of rotatable bonds is 6. The molecule has 0 aliphatic heterocycles. The topological polar surface area (TPSA) is 44.8 Å². The van der Waals surface area contributed by atoms with Crippen molar-refractivity contribution in [3.05, 3.63) is 58.1 Å². The molecule has 0 heterocycles. The Morgan fingerprint density at radius 1 is 1.14 bits per heavy atom. The molecular weight excluding hydrogens is 348 g/mol. The van der Waals surface area contributed by atoms with Gasteiger partial charge >= 0.3 is 5.97 Å². The molecule has 0 atom stereocenters. The normalized spacial score (nSPS) is 10.1. The first-order chi connectivity index (χ1) is 10.6. The van der Waals surface area contributed by atoms with Crippen LogP contribution in [0.2, 0.25) is 0 Å². The second-order valence-corrected chi connectivity index (χ2v) is 5.42. The molecule has 0 aliphatic rings. The molecule has 5 heteroatoms. The highest BCUT2D eigenvalue weighted by molar-refractivity contribution is 9.10. The average Bonchev–Trinajstić information content (AvgIpc) is 2.53. The molecule has 0 bridgehead atoms. The van der Waals surface area contributed by atoms with Gasteiger partial charge < -0.3 is 14.2 Å². The van der Waals surface area contributed by atoms with Crippen LogP contribution in [0.3, 0.4) is 0 Å². The van der Waals surface area contributed by atoms with E-state index < -0.39 is 0 Å². The molecule has 0 saturated heterocycles. The Morgan fingerprint density at radius 3 is 2.64 bits per heavy atom. The summed E-state index contributed by atoms with van der Waals surface area (Å²) in [7, 11) is 1.54. The quantitative estimate of drug-likeness (QED) is 0.720.